The summed E-state index contributed by atoms with van der Waals surface area (Å²) in [5.74, 6) is -1.85. The van der Waals surface area contributed by atoms with Crippen molar-refractivity contribution in [1.82, 2.24) is 4.47 Å². The largest absolute Gasteiger partial charge is 1.00 e. The summed E-state index contributed by atoms with van der Waals surface area (Å²) in [7, 11) is -3.74. The predicted octanol–water partition coefficient (Wildman–Crippen LogP) is -4.16. The third-order valence-electron chi connectivity index (χ3n) is 2.02. The van der Waals surface area contributed by atoms with Crippen LogP contribution in [0.4, 0.5) is 0 Å². The van der Waals surface area contributed by atoms with Gasteiger partial charge in [0.25, 0.3) is 0 Å². The van der Waals surface area contributed by atoms with Crippen molar-refractivity contribution in [3.8, 4) is 0 Å². The zero-order valence-corrected chi connectivity index (χ0v) is 11.9. The van der Waals surface area contributed by atoms with Crippen LogP contribution in [0.2, 0.25) is 0 Å². The van der Waals surface area contributed by atoms with Crippen molar-refractivity contribution >= 4 is 16.0 Å². The number of benzene rings is 1. The first-order valence-corrected chi connectivity index (χ1v) is 6.05. The number of nitrogens with zero attached hydrogens (tertiary/aromatic N) is 1. The molecule has 2 unspecified atom stereocenters. The van der Waals surface area contributed by atoms with Gasteiger partial charge in [0, 0.05) is 0 Å². The van der Waals surface area contributed by atoms with Crippen LogP contribution in [0.25, 0.3) is 0 Å². The minimum absolute atomic E-state index is 0. The summed E-state index contributed by atoms with van der Waals surface area (Å²) >= 11 is 0. The molecule has 6 nitrogen and oxygen atoms in total. The Morgan fingerprint density at radius 1 is 1.35 bits per heavy atom. The SMILES string of the molecule is O=C([O-])C1ON1S(=O)(=O)Cc1ccccc1.[Na+]. The van der Waals surface area contributed by atoms with Gasteiger partial charge in [0.2, 0.25) is 16.3 Å². The molecule has 0 bridgehead atoms. The molecule has 0 N–H and O–H groups in total. The Morgan fingerprint density at radius 3 is 2.41 bits per heavy atom. The number of hydroxylamine groups is 1. The van der Waals surface area contributed by atoms with Crippen molar-refractivity contribution in [3.63, 3.8) is 0 Å². The first-order chi connectivity index (χ1) is 7.50. The minimum atomic E-state index is -3.74. The molecule has 1 aromatic carbocycles. The van der Waals surface area contributed by atoms with Gasteiger partial charge in [0.15, 0.2) is 0 Å². The van der Waals surface area contributed by atoms with Crippen molar-refractivity contribution in [3.05, 3.63) is 35.9 Å². The quantitative estimate of drug-likeness (QED) is 0.407. The molecule has 1 heterocycles. The van der Waals surface area contributed by atoms with E-state index in [0.29, 0.717) is 10.0 Å². The first kappa shape index (κ1) is 14.6. The van der Waals surface area contributed by atoms with Gasteiger partial charge < -0.3 is 9.90 Å². The Balaban J connectivity index is 0.00000144. The van der Waals surface area contributed by atoms with Gasteiger partial charge in [-0.1, -0.05) is 30.3 Å². The van der Waals surface area contributed by atoms with E-state index in [4.69, 9.17) is 0 Å². The number of rotatable bonds is 4. The van der Waals surface area contributed by atoms with Crippen molar-refractivity contribution < 1.29 is 52.7 Å². The van der Waals surface area contributed by atoms with Crippen LogP contribution in [0.15, 0.2) is 30.3 Å². The second-order valence-corrected chi connectivity index (χ2v) is 5.09. The van der Waals surface area contributed by atoms with Gasteiger partial charge in [-0.25, -0.2) is 8.42 Å². The molecule has 1 aliphatic rings. The maximum atomic E-state index is 11.6. The second kappa shape index (κ2) is 5.47. The van der Waals surface area contributed by atoms with Gasteiger partial charge in [-0.3, -0.25) is 4.84 Å². The predicted molar refractivity (Wildman–Crippen MR) is 50.8 cm³/mol. The number of carboxylic acid groups (broad SMARTS) is 1. The maximum absolute atomic E-state index is 11.6. The fraction of sp³-hybridized carbons (Fsp3) is 0.222. The zero-order valence-electron chi connectivity index (χ0n) is 9.07. The molecule has 0 saturated carbocycles. The van der Waals surface area contributed by atoms with Crippen LogP contribution in [0.5, 0.6) is 0 Å². The summed E-state index contributed by atoms with van der Waals surface area (Å²) in [5, 5.41) is 10.3. The third-order valence-corrected chi connectivity index (χ3v) is 3.54. The van der Waals surface area contributed by atoms with Gasteiger partial charge in [0.1, 0.15) is 0 Å². The molecule has 17 heavy (non-hydrogen) atoms. The number of carbonyl (C=O) groups is 1. The summed E-state index contributed by atoms with van der Waals surface area (Å²) in [6.07, 6.45) is -1.48. The zero-order chi connectivity index (χ0) is 11.8. The van der Waals surface area contributed by atoms with Gasteiger partial charge >= 0.3 is 29.6 Å². The van der Waals surface area contributed by atoms with E-state index in [-0.39, 0.29) is 35.3 Å². The van der Waals surface area contributed by atoms with Crippen molar-refractivity contribution in [1.29, 1.82) is 0 Å². The molecular formula is C9H8NNaO5S. The fourth-order valence-electron chi connectivity index (χ4n) is 1.26. The number of carboxylic acids is 1. The Labute approximate surface area is 120 Å². The summed E-state index contributed by atoms with van der Waals surface area (Å²) in [4.78, 5) is 14.7. The van der Waals surface area contributed by atoms with Gasteiger partial charge in [-0.05, 0) is 10.0 Å². The number of sulfonamides is 1. The van der Waals surface area contributed by atoms with Gasteiger partial charge in [0.05, 0.1) is 11.7 Å². The average molecular weight is 265 g/mol. The molecule has 2 rings (SSSR count). The van der Waals surface area contributed by atoms with Crippen LogP contribution in [0, 0.1) is 0 Å². The Hall–Kier alpha value is -0.440. The number of hydrogen-bond donors (Lipinski definition) is 0. The Morgan fingerprint density at radius 2 is 1.94 bits per heavy atom. The molecule has 0 amide bonds. The number of hydrogen-bond acceptors (Lipinski definition) is 5. The van der Waals surface area contributed by atoms with Crippen molar-refractivity contribution in [2.24, 2.45) is 0 Å². The molecule has 0 radical (unpaired) electrons. The molecule has 0 aliphatic carbocycles. The molecular weight excluding hydrogens is 257 g/mol. The molecule has 1 aliphatic heterocycles. The molecule has 86 valence electrons. The first-order valence-electron chi connectivity index (χ1n) is 4.44. The van der Waals surface area contributed by atoms with Crippen LogP contribution in [0.1, 0.15) is 5.56 Å². The van der Waals surface area contributed by atoms with Crippen molar-refractivity contribution in [2.45, 2.75) is 12.0 Å². The van der Waals surface area contributed by atoms with E-state index >= 15 is 0 Å². The van der Waals surface area contributed by atoms with E-state index in [2.05, 4.69) is 4.84 Å². The molecule has 8 heteroatoms. The molecule has 1 aromatic rings. The maximum Gasteiger partial charge on any atom is 1.00 e. The third kappa shape index (κ3) is 3.51. The average Bonchev–Trinajstić information content (AvgIpc) is 2.98. The standard InChI is InChI=1S/C9H9NO5S.Na/c11-9(12)8-10(15-8)16(13,14)6-7-4-2-1-3-5-7;/h1-5,8H,6H2,(H,11,12);/q;+1/p-1. The molecule has 1 fully saturated rings. The van der Waals surface area contributed by atoms with E-state index in [0.717, 1.165) is 0 Å². The summed E-state index contributed by atoms with van der Waals surface area (Å²) in [6, 6.07) is 8.42. The van der Waals surface area contributed by atoms with E-state index in [1.165, 1.54) is 0 Å². The number of aliphatic carboxylic acids is 1. The smallest absolute Gasteiger partial charge is 0.546 e. The van der Waals surface area contributed by atoms with Gasteiger partial charge in [-0.15, -0.1) is 0 Å². The van der Waals surface area contributed by atoms with E-state index in [1.807, 2.05) is 0 Å². The molecule has 0 spiro atoms. The molecule has 1 saturated heterocycles. The van der Waals surface area contributed by atoms with E-state index in [9.17, 15) is 18.3 Å². The topological polar surface area (TPSA) is 89.8 Å². The monoisotopic (exact) mass is 265 g/mol. The van der Waals surface area contributed by atoms with Crippen LogP contribution >= 0.6 is 0 Å². The van der Waals surface area contributed by atoms with Gasteiger partial charge in [-0.2, -0.15) is 0 Å². The van der Waals surface area contributed by atoms with E-state index < -0.39 is 22.2 Å². The van der Waals surface area contributed by atoms with Crippen LogP contribution in [-0.2, 0) is 25.4 Å². The van der Waals surface area contributed by atoms with E-state index in [1.54, 1.807) is 30.3 Å². The summed E-state index contributed by atoms with van der Waals surface area (Å²) in [5.41, 5.74) is 0.565. The normalized spacial score (nSPS) is 22.6. The Kier molecular flexibility index (Phi) is 4.70. The van der Waals surface area contributed by atoms with Crippen LogP contribution in [0.3, 0.4) is 0 Å². The Bertz CT molecular complexity index is 503. The van der Waals surface area contributed by atoms with Crippen molar-refractivity contribution in [2.75, 3.05) is 0 Å². The molecule has 2 atom stereocenters. The second-order valence-electron chi connectivity index (χ2n) is 3.27. The van der Waals surface area contributed by atoms with Crippen LogP contribution < -0.4 is 34.7 Å². The summed E-state index contributed by atoms with van der Waals surface area (Å²) < 4.78 is 23.6. The minimum Gasteiger partial charge on any atom is -0.546 e. The summed E-state index contributed by atoms with van der Waals surface area (Å²) in [6.45, 7) is 0. The molecule has 0 aromatic heterocycles. The number of carbonyl (C=O) groups excluding carboxylic acids is 1. The van der Waals surface area contributed by atoms with Crippen LogP contribution in [-0.4, -0.2) is 25.1 Å². The fourth-order valence-corrected chi connectivity index (χ4v) is 2.59.